The SMILES string of the molecule is Cc1cscc1-c1ncc2c(n1)CC(C)(C)CC2=O. The Hall–Kier alpha value is -1.55. The number of carbonyl (C=O) groups excluding carboxylic acids is 1. The van der Waals surface area contributed by atoms with Gasteiger partial charge in [-0.15, -0.1) is 0 Å². The van der Waals surface area contributed by atoms with Gasteiger partial charge in [0.2, 0.25) is 0 Å². The largest absolute Gasteiger partial charge is 0.294 e. The van der Waals surface area contributed by atoms with Crippen molar-refractivity contribution < 1.29 is 4.79 Å². The number of hydrogen-bond donors (Lipinski definition) is 0. The molecule has 3 rings (SSSR count). The molecule has 2 aromatic heterocycles. The van der Waals surface area contributed by atoms with Crippen LogP contribution in [0, 0.1) is 12.3 Å². The predicted molar refractivity (Wildman–Crippen MR) is 76.5 cm³/mol. The standard InChI is InChI=1S/C15H16N2OS/c1-9-7-19-8-11(9)14-16-6-10-12(17-14)4-15(2,3)5-13(10)18/h6-8H,4-5H2,1-3H3. The van der Waals surface area contributed by atoms with Crippen LogP contribution in [-0.4, -0.2) is 15.8 Å². The lowest BCUT2D eigenvalue weighted by Crippen LogP contribution is -2.28. The van der Waals surface area contributed by atoms with E-state index in [0.29, 0.717) is 12.0 Å². The molecule has 0 radical (unpaired) electrons. The Bertz CT molecular complexity index is 658. The predicted octanol–water partition coefficient (Wildman–Crippen LogP) is 3.67. The molecule has 0 atom stereocenters. The van der Waals surface area contributed by atoms with E-state index < -0.39 is 0 Å². The van der Waals surface area contributed by atoms with E-state index in [1.165, 1.54) is 5.56 Å². The smallest absolute Gasteiger partial charge is 0.166 e. The quantitative estimate of drug-likeness (QED) is 0.795. The van der Waals surface area contributed by atoms with E-state index in [0.717, 1.165) is 23.5 Å². The summed E-state index contributed by atoms with van der Waals surface area (Å²) in [5.41, 5.74) is 3.86. The molecule has 0 saturated carbocycles. The van der Waals surface area contributed by atoms with Crippen molar-refractivity contribution in [3.63, 3.8) is 0 Å². The molecular weight excluding hydrogens is 256 g/mol. The van der Waals surface area contributed by atoms with Crippen molar-refractivity contribution in [2.24, 2.45) is 5.41 Å². The zero-order valence-electron chi connectivity index (χ0n) is 11.4. The van der Waals surface area contributed by atoms with Gasteiger partial charge in [-0.3, -0.25) is 4.79 Å². The Labute approximate surface area is 116 Å². The van der Waals surface area contributed by atoms with Crippen LogP contribution in [0.5, 0.6) is 0 Å². The zero-order valence-corrected chi connectivity index (χ0v) is 12.2. The molecule has 0 saturated heterocycles. The van der Waals surface area contributed by atoms with Crippen molar-refractivity contribution in [2.45, 2.75) is 33.6 Å². The van der Waals surface area contributed by atoms with E-state index in [9.17, 15) is 4.79 Å². The van der Waals surface area contributed by atoms with Gasteiger partial charge in [0.1, 0.15) is 0 Å². The maximum Gasteiger partial charge on any atom is 0.166 e. The van der Waals surface area contributed by atoms with Crippen LogP contribution >= 0.6 is 11.3 Å². The minimum absolute atomic E-state index is 0.000598. The molecule has 1 aliphatic carbocycles. The molecule has 3 nitrogen and oxygen atoms in total. The van der Waals surface area contributed by atoms with Crippen molar-refractivity contribution >= 4 is 17.1 Å². The number of nitrogens with zero attached hydrogens (tertiary/aromatic N) is 2. The first-order valence-corrected chi connectivity index (χ1v) is 7.33. The monoisotopic (exact) mass is 272 g/mol. The topological polar surface area (TPSA) is 42.9 Å². The van der Waals surface area contributed by atoms with Crippen LogP contribution in [0.3, 0.4) is 0 Å². The summed E-state index contributed by atoms with van der Waals surface area (Å²) in [5, 5.41) is 4.15. The fourth-order valence-electron chi connectivity index (χ4n) is 2.55. The van der Waals surface area contributed by atoms with Gasteiger partial charge in [0, 0.05) is 23.6 Å². The molecule has 0 aromatic carbocycles. The number of ketones is 1. The summed E-state index contributed by atoms with van der Waals surface area (Å²) in [7, 11) is 0. The van der Waals surface area contributed by atoms with Crippen molar-refractivity contribution in [1.29, 1.82) is 0 Å². The molecule has 98 valence electrons. The van der Waals surface area contributed by atoms with Crippen LogP contribution in [0.4, 0.5) is 0 Å². The fourth-order valence-corrected chi connectivity index (χ4v) is 3.38. The molecule has 0 unspecified atom stereocenters. The highest BCUT2D eigenvalue weighted by Crippen LogP contribution is 2.34. The molecule has 0 fully saturated rings. The van der Waals surface area contributed by atoms with Gasteiger partial charge in [-0.05, 0) is 29.7 Å². The Kier molecular flexibility index (Phi) is 2.78. The molecule has 2 aromatic rings. The zero-order chi connectivity index (χ0) is 13.6. The van der Waals surface area contributed by atoms with Gasteiger partial charge >= 0.3 is 0 Å². The van der Waals surface area contributed by atoms with Crippen LogP contribution in [0.1, 0.15) is 41.9 Å². The lowest BCUT2D eigenvalue weighted by atomic mass is 9.76. The number of thiophene rings is 1. The molecule has 0 aliphatic heterocycles. The van der Waals surface area contributed by atoms with E-state index in [4.69, 9.17) is 0 Å². The van der Waals surface area contributed by atoms with Gasteiger partial charge < -0.3 is 0 Å². The normalized spacial score (nSPS) is 17.3. The Morgan fingerprint density at radius 1 is 1.21 bits per heavy atom. The first-order chi connectivity index (χ1) is 8.96. The Balaban J connectivity index is 2.10. The second-order valence-electron chi connectivity index (χ2n) is 5.96. The van der Waals surface area contributed by atoms with Crippen molar-refractivity contribution in [3.8, 4) is 11.4 Å². The van der Waals surface area contributed by atoms with Gasteiger partial charge in [0.15, 0.2) is 11.6 Å². The number of fused-ring (bicyclic) bond motifs is 1. The van der Waals surface area contributed by atoms with Crippen molar-refractivity contribution in [1.82, 2.24) is 9.97 Å². The van der Waals surface area contributed by atoms with E-state index in [1.807, 2.05) is 0 Å². The maximum atomic E-state index is 12.1. The van der Waals surface area contributed by atoms with Gasteiger partial charge in [0.25, 0.3) is 0 Å². The number of rotatable bonds is 1. The van der Waals surface area contributed by atoms with E-state index in [2.05, 4.69) is 41.5 Å². The van der Waals surface area contributed by atoms with Gasteiger partial charge in [-0.1, -0.05) is 13.8 Å². The first kappa shape index (κ1) is 12.5. The fraction of sp³-hybridized carbons (Fsp3) is 0.400. The summed E-state index contributed by atoms with van der Waals surface area (Å²) >= 11 is 1.65. The summed E-state index contributed by atoms with van der Waals surface area (Å²) in [4.78, 5) is 21.1. The van der Waals surface area contributed by atoms with Crippen LogP contribution in [0.2, 0.25) is 0 Å². The van der Waals surface area contributed by atoms with Crippen LogP contribution in [0.25, 0.3) is 11.4 Å². The minimum atomic E-state index is -0.000598. The second-order valence-corrected chi connectivity index (χ2v) is 6.71. The lowest BCUT2D eigenvalue weighted by Gasteiger charge is -2.29. The molecule has 0 spiro atoms. The number of aryl methyl sites for hydroxylation is 1. The van der Waals surface area contributed by atoms with Gasteiger partial charge in [-0.2, -0.15) is 11.3 Å². The highest BCUT2D eigenvalue weighted by Gasteiger charge is 2.32. The highest BCUT2D eigenvalue weighted by molar-refractivity contribution is 7.08. The average molecular weight is 272 g/mol. The second kappa shape index (κ2) is 4.23. The van der Waals surface area contributed by atoms with E-state index >= 15 is 0 Å². The molecule has 0 N–H and O–H groups in total. The van der Waals surface area contributed by atoms with E-state index in [1.54, 1.807) is 17.5 Å². The lowest BCUT2D eigenvalue weighted by molar-refractivity contribution is 0.0910. The summed E-state index contributed by atoms with van der Waals surface area (Å²) in [6, 6.07) is 0. The molecule has 19 heavy (non-hydrogen) atoms. The van der Waals surface area contributed by atoms with Crippen LogP contribution in [0.15, 0.2) is 17.0 Å². The molecule has 1 aliphatic rings. The van der Waals surface area contributed by atoms with Crippen molar-refractivity contribution in [3.05, 3.63) is 33.8 Å². The number of hydrogen-bond acceptors (Lipinski definition) is 4. The molecule has 4 heteroatoms. The van der Waals surface area contributed by atoms with Gasteiger partial charge in [0.05, 0.1) is 11.3 Å². The minimum Gasteiger partial charge on any atom is -0.294 e. The summed E-state index contributed by atoms with van der Waals surface area (Å²) in [6.07, 6.45) is 3.12. The molecular formula is C15H16N2OS. The third-order valence-corrected chi connectivity index (χ3v) is 4.41. The molecule has 0 bridgehead atoms. The Morgan fingerprint density at radius 3 is 2.68 bits per heavy atom. The summed E-state index contributed by atoms with van der Waals surface area (Å²) in [6.45, 7) is 6.29. The van der Waals surface area contributed by atoms with Crippen molar-refractivity contribution in [2.75, 3.05) is 0 Å². The highest BCUT2D eigenvalue weighted by atomic mass is 32.1. The Morgan fingerprint density at radius 2 is 2.00 bits per heavy atom. The van der Waals surface area contributed by atoms with E-state index in [-0.39, 0.29) is 11.2 Å². The van der Waals surface area contributed by atoms with Gasteiger partial charge in [-0.25, -0.2) is 9.97 Å². The van der Waals surface area contributed by atoms with Crippen LogP contribution < -0.4 is 0 Å². The maximum absolute atomic E-state index is 12.1. The third-order valence-electron chi connectivity index (χ3n) is 3.55. The first-order valence-electron chi connectivity index (χ1n) is 6.38. The number of aromatic nitrogens is 2. The third kappa shape index (κ3) is 2.21. The average Bonchev–Trinajstić information content (AvgIpc) is 2.73. The molecule has 2 heterocycles. The number of carbonyl (C=O) groups is 1. The number of Topliss-reactive ketones (excluding diaryl/α,β-unsaturated/α-hetero) is 1. The van der Waals surface area contributed by atoms with Crippen LogP contribution in [-0.2, 0) is 6.42 Å². The summed E-state index contributed by atoms with van der Waals surface area (Å²) in [5.74, 6) is 0.905. The summed E-state index contributed by atoms with van der Waals surface area (Å²) < 4.78 is 0. The molecule has 0 amide bonds.